The minimum absolute atomic E-state index is 0.00987. The van der Waals surface area contributed by atoms with E-state index in [4.69, 9.17) is 0 Å². The second-order valence-corrected chi connectivity index (χ2v) is 10.3. The molecule has 1 unspecified atom stereocenters. The van der Waals surface area contributed by atoms with Crippen molar-refractivity contribution in [1.82, 2.24) is 24.6 Å². The molecular formula is C24H25F4N5S. The minimum Gasteiger partial charge on any atom is -0.305 e. The van der Waals surface area contributed by atoms with Gasteiger partial charge >= 0.3 is 6.18 Å². The maximum Gasteiger partial charge on any atom is 0.416 e. The molecule has 2 aliphatic rings. The van der Waals surface area contributed by atoms with Crippen LogP contribution in [0, 0.1) is 11.2 Å². The van der Waals surface area contributed by atoms with E-state index in [1.165, 1.54) is 6.07 Å². The highest BCUT2D eigenvalue weighted by Crippen LogP contribution is 2.64. The molecule has 10 heteroatoms. The number of halogens is 4. The third-order valence-electron chi connectivity index (χ3n) is 6.96. The Morgan fingerprint density at radius 2 is 2.06 bits per heavy atom. The normalized spacial score (nSPS) is 22.6. The highest BCUT2D eigenvalue weighted by Gasteiger charge is 2.58. The molecule has 2 fully saturated rings. The van der Waals surface area contributed by atoms with Crippen LogP contribution in [0.5, 0.6) is 0 Å². The Morgan fingerprint density at radius 1 is 1.21 bits per heavy atom. The van der Waals surface area contributed by atoms with E-state index in [1.54, 1.807) is 24.2 Å². The van der Waals surface area contributed by atoms with E-state index in [1.807, 2.05) is 23.7 Å². The Hall–Kier alpha value is -2.46. The average Bonchev–Trinajstić information content (AvgIpc) is 3.14. The molecule has 0 bridgehead atoms. The van der Waals surface area contributed by atoms with Gasteiger partial charge in [-0.15, -0.1) is 10.2 Å². The van der Waals surface area contributed by atoms with Crippen LogP contribution < -0.4 is 0 Å². The molecule has 0 amide bonds. The van der Waals surface area contributed by atoms with Gasteiger partial charge in [-0.2, -0.15) is 13.2 Å². The standard InChI is InChI=1S/C24H25F4N5S/c1-32-21(16-4-2-8-29-14-16)30-31-22(32)34-11-3-9-33-10-7-23(15-33)13-19(23)18-6-5-17(12-20(18)25)24(26,27)28/h2,4-6,8,12,14,19H,3,7,9-11,13,15H2,1H3/t19-,23?/m1/s1. The van der Waals surface area contributed by atoms with E-state index in [2.05, 4.69) is 20.1 Å². The molecule has 3 aromatic rings. The molecule has 1 saturated heterocycles. The van der Waals surface area contributed by atoms with Crippen LogP contribution in [0.2, 0.25) is 0 Å². The number of thioether (sulfide) groups is 1. The van der Waals surface area contributed by atoms with Gasteiger partial charge in [-0.1, -0.05) is 17.8 Å². The predicted molar refractivity (Wildman–Crippen MR) is 122 cm³/mol. The zero-order valence-electron chi connectivity index (χ0n) is 18.7. The van der Waals surface area contributed by atoms with E-state index in [0.717, 1.165) is 67.3 Å². The first-order valence-corrected chi connectivity index (χ1v) is 12.3. The van der Waals surface area contributed by atoms with E-state index >= 15 is 0 Å². The molecule has 5 nitrogen and oxygen atoms in total. The lowest BCUT2D eigenvalue weighted by atomic mass is 9.97. The molecule has 2 aromatic heterocycles. The molecule has 0 radical (unpaired) electrons. The number of nitrogens with zero attached hydrogens (tertiary/aromatic N) is 5. The van der Waals surface area contributed by atoms with Gasteiger partial charge in [0.05, 0.1) is 5.56 Å². The van der Waals surface area contributed by atoms with Crippen molar-refractivity contribution in [1.29, 1.82) is 0 Å². The number of pyridine rings is 1. The minimum atomic E-state index is -4.52. The van der Waals surface area contributed by atoms with E-state index in [-0.39, 0.29) is 11.3 Å². The molecule has 1 aliphatic carbocycles. The quantitative estimate of drug-likeness (QED) is 0.252. The number of hydrogen-bond acceptors (Lipinski definition) is 5. The number of likely N-dealkylation sites (tertiary alicyclic amines) is 1. The lowest BCUT2D eigenvalue weighted by Crippen LogP contribution is -2.23. The summed E-state index contributed by atoms with van der Waals surface area (Å²) in [5.74, 6) is 0.964. The van der Waals surface area contributed by atoms with Gasteiger partial charge in [0.2, 0.25) is 0 Å². The van der Waals surface area contributed by atoms with Crippen molar-refractivity contribution in [2.45, 2.75) is 36.5 Å². The maximum absolute atomic E-state index is 14.4. The molecule has 1 aromatic carbocycles. The first-order valence-electron chi connectivity index (χ1n) is 11.3. The Bertz CT molecular complexity index is 1170. The van der Waals surface area contributed by atoms with E-state index in [9.17, 15) is 17.6 Å². The lowest BCUT2D eigenvalue weighted by Gasteiger charge is -2.16. The van der Waals surface area contributed by atoms with Crippen LogP contribution in [-0.2, 0) is 13.2 Å². The van der Waals surface area contributed by atoms with Crippen LogP contribution in [0.4, 0.5) is 17.6 Å². The summed E-state index contributed by atoms with van der Waals surface area (Å²) in [6.45, 7) is 2.75. The third kappa shape index (κ3) is 4.57. The molecule has 1 spiro atoms. The summed E-state index contributed by atoms with van der Waals surface area (Å²) in [5, 5.41) is 9.44. The SMILES string of the molecule is Cn1c(SCCCN2CCC3(C[C@@H]3c3ccc(C(F)(F)F)cc3F)C2)nnc1-c1cccnc1. The number of benzene rings is 1. The summed E-state index contributed by atoms with van der Waals surface area (Å²) in [7, 11) is 1.95. The summed E-state index contributed by atoms with van der Waals surface area (Å²) in [6.07, 6.45) is 1.76. The fraction of sp³-hybridized carbons (Fsp3) is 0.458. The lowest BCUT2D eigenvalue weighted by molar-refractivity contribution is -0.137. The highest BCUT2D eigenvalue weighted by molar-refractivity contribution is 7.99. The van der Waals surface area contributed by atoms with Crippen molar-refractivity contribution in [2.75, 3.05) is 25.4 Å². The van der Waals surface area contributed by atoms with Crippen LogP contribution >= 0.6 is 11.8 Å². The number of aromatic nitrogens is 4. The summed E-state index contributed by atoms with van der Waals surface area (Å²) >= 11 is 1.66. The van der Waals surface area contributed by atoms with E-state index < -0.39 is 17.6 Å². The van der Waals surface area contributed by atoms with Crippen molar-refractivity contribution in [3.8, 4) is 11.4 Å². The second kappa shape index (κ2) is 8.96. The van der Waals surface area contributed by atoms with Gasteiger partial charge in [0.1, 0.15) is 5.82 Å². The van der Waals surface area contributed by atoms with Crippen LogP contribution in [0.3, 0.4) is 0 Å². The van der Waals surface area contributed by atoms with Crippen molar-refractivity contribution < 1.29 is 17.6 Å². The molecule has 0 N–H and O–H groups in total. The number of hydrogen-bond donors (Lipinski definition) is 0. The zero-order valence-corrected chi connectivity index (χ0v) is 19.5. The van der Waals surface area contributed by atoms with Gasteiger partial charge in [-0.05, 0) is 73.5 Å². The van der Waals surface area contributed by atoms with Crippen LogP contribution in [0.1, 0.15) is 36.3 Å². The largest absolute Gasteiger partial charge is 0.416 e. The van der Waals surface area contributed by atoms with Gasteiger partial charge in [-0.25, -0.2) is 4.39 Å². The van der Waals surface area contributed by atoms with E-state index in [0.29, 0.717) is 11.6 Å². The van der Waals surface area contributed by atoms with Crippen LogP contribution in [0.15, 0.2) is 47.9 Å². The van der Waals surface area contributed by atoms with Gasteiger partial charge in [0, 0.05) is 37.3 Å². The van der Waals surface area contributed by atoms with Gasteiger partial charge in [-0.3, -0.25) is 4.98 Å². The van der Waals surface area contributed by atoms with Crippen LogP contribution in [0.25, 0.3) is 11.4 Å². The fourth-order valence-electron chi connectivity index (χ4n) is 5.04. The summed E-state index contributed by atoms with van der Waals surface area (Å²) in [6, 6.07) is 6.79. The first-order chi connectivity index (χ1) is 16.3. The van der Waals surface area contributed by atoms with Crippen LogP contribution in [-0.4, -0.2) is 50.0 Å². The topological polar surface area (TPSA) is 46.8 Å². The molecular weight excluding hydrogens is 466 g/mol. The van der Waals surface area contributed by atoms with Crippen molar-refractivity contribution in [3.63, 3.8) is 0 Å². The molecule has 3 heterocycles. The summed E-state index contributed by atoms with van der Waals surface area (Å²) in [4.78, 5) is 6.52. The molecule has 2 atom stereocenters. The number of rotatable bonds is 7. The third-order valence-corrected chi connectivity index (χ3v) is 8.07. The number of alkyl halides is 3. The van der Waals surface area contributed by atoms with Crippen molar-refractivity contribution in [3.05, 3.63) is 59.7 Å². The molecule has 1 aliphatic heterocycles. The summed E-state index contributed by atoms with van der Waals surface area (Å²) < 4.78 is 54.9. The summed E-state index contributed by atoms with van der Waals surface area (Å²) in [5.41, 5.74) is 0.437. The molecule has 5 rings (SSSR count). The van der Waals surface area contributed by atoms with Gasteiger partial charge in [0.25, 0.3) is 0 Å². The molecule has 1 saturated carbocycles. The first kappa shape index (κ1) is 23.3. The van der Waals surface area contributed by atoms with Gasteiger partial charge < -0.3 is 9.47 Å². The fourth-order valence-corrected chi connectivity index (χ4v) is 5.87. The van der Waals surface area contributed by atoms with Crippen molar-refractivity contribution in [2.24, 2.45) is 12.5 Å². The second-order valence-electron chi connectivity index (χ2n) is 9.19. The monoisotopic (exact) mass is 491 g/mol. The zero-order chi connectivity index (χ0) is 23.9. The Morgan fingerprint density at radius 3 is 2.79 bits per heavy atom. The smallest absolute Gasteiger partial charge is 0.305 e. The highest BCUT2D eigenvalue weighted by atomic mass is 32.2. The predicted octanol–water partition coefficient (Wildman–Crippen LogP) is 5.40. The van der Waals surface area contributed by atoms with Gasteiger partial charge in [0.15, 0.2) is 11.0 Å². The Balaban J connectivity index is 1.11. The Labute approximate surface area is 199 Å². The molecule has 34 heavy (non-hydrogen) atoms. The van der Waals surface area contributed by atoms with Crippen molar-refractivity contribution >= 4 is 11.8 Å². The average molecular weight is 492 g/mol. The Kier molecular flexibility index (Phi) is 6.14. The molecule has 180 valence electrons. The maximum atomic E-state index is 14.4.